The smallest absolute Gasteiger partial charge is 0.338 e. The van der Waals surface area contributed by atoms with Crippen LogP contribution in [0, 0.1) is 40.4 Å². The SMILES string of the molecule is COC1=C[C@@H](C)[C@@H]2C[C@H]3OC(=O)C[C@H]4[C@@H](C)[C@H](OC)[C@@H](OC(=O)c5cc(OC)c6c(c5)OCO6)[C@H]([C@@]2(C)C1=O)[C@@]34C. The van der Waals surface area contributed by atoms with Gasteiger partial charge in [0.05, 0.1) is 25.9 Å². The molecule has 0 N–H and O–H groups in total. The highest BCUT2D eigenvalue weighted by Crippen LogP contribution is 2.69. The van der Waals surface area contributed by atoms with E-state index in [4.69, 9.17) is 33.2 Å². The van der Waals surface area contributed by atoms with Crippen LogP contribution in [0.2, 0.25) is 0 Å². The van der Waals surface area contributed by atoms with E-state index in [0.717, 1.165) is 0 Å². The van der Waals surface area contributed by atoms with E-state index in [0.29, 0.717) is 29.4 Å². The number of hydrogen-bond donors (Lipinski definition) is 0. The van der Waals surface area contributed by atoms with Crippen molar-refractivity contribution in [1.29, 1.82) is 0 Å². The number of Topliss-reactive ketones (excluding diaryl/α,β-unsaturated/α-hetero) is 1. The van der Waals surface area contributed by atoms with Crippen LogP contribution in [0.15, 0.2) is 24.0 Å². The lowest BCUT2D eigenvalue weighted by molar-refractivity contribution is -0.279. The number of hydrogen-bond acceptors (Lipinski definition) is 10. The van der Waals surface area contributed by atoms with Crippen molar-refractivity contribution in [2.45, 2.75) is 58.8 Å². The molecular weight excluding hydrogens is 532 g/mol. The van der Waals surface area contributed by atoms with E-state index in [1.807, 2.05) is 19.9 Å². The van der Waals surface area contributed by atoms with E-state index < -0.39 is 41.0 Å². The lowest BCUT2D eigenvalue weighted by atomic mass is 9.38. The number of fused-ring (bicyclic) bond motifs is 3. The number of carbonyl (C=O) groups excluding carboxylic acids is 3. The number of rotatable bonds is 5. The summed E-state index contributed by atoms with van der Waals surface area (Å²) in [4.78, 5) is 41.1. The number of esters is 2. The Kier molecular flexibility index (Phi) is 6.56. The van der Waals surface area contributed by atoms with Gasteiger partial charge in [0, 0.05) is 30.3 Å². The van der Waals surface area contributed by atoms with E-state index in [1.165, 1.54) is 14.2 Å². The molecular formula is C31H38O10. The number of allylic oxidation sites excluding steroid dienone is 2. The fourth-order valence-electron chi connectivity index (χ4n) is 9.07. The van der Waals surface area contributed by atoms with E-state index in [2.05, 4.69) is 13.8 Å². The Labute approximate surface area is 239 Å². The Bertz CT molecular complexity index is 1320. The van der Waals surface area contributed by atoms with Crippen LogP contribution in [-0.2, 0) is 28.5 Å². The van der Waals surface area contributed by atoms with Crippen molar-refractivity contribution in [3.05, 3.63) is 29.5 Å². The largest absolute Gasteiger partial charge is 0.493 e. The van der Waals surface area contributed by atoms with Crippen molar-refractivity contribution in [2.24, 2.45) is 40.4 Å². The molecule has 3 fully saturated rings. The Hall–Kier alpha value is -3.27. The van der Waals surface area contributed by atoms with Crippen molar-refractivity contribution in [1.82, 2.24) is 0 Å². The average Bonchev–Trinajstić information content (AvgIpc) is 3.42. The molecule has 10 heteroatoms. The summed E-state index contributed by atoms with van der Waals surface area (Å²) in [6, 6.07) is 3.13. The standard InChI is InChI=1S/C31H38O10/c1-14-8-21(36-6)28(33)31(4)17(14)11-22-30(3)18(12-23(32)40-22)15(2)24(37-7)26(27(30)31)41-29(34)16-9-19(35-5)25-20(10-16)38-13-39-25/h8-10,14-15,17-18,22,24,26-27H,11-13H2,1-7H3/t14-,15-,17+,18+,22-,24+,26-,27+,30-,31+/m1/s1. The molecule has 10 atom stereocenters. The molecule has 1 saturated heterocycles. The van der Waals surface area contributed by atoms with Gasteiger partial charge in [0.25, 0.3) is 0 Å². The van der Waals surface area contributed by atoms with Crippen molar-refractivity contribution >= 4 is 17.7 Å². The highest BCUT2D eigenvalue weighted by atomic mass is 16.7. The predicted octanol–water partition coefficient (Wildman–Crippen LogP) is 3.94. The first kappa shape index (κ1) is 27.9. The fourth-order valence-corrected chi connectivity index (χ4v) is 9.07. The minimum Gasteiger partial charge on any atom is -0.493 e. The van der Waals surface area contributed by atoms with Crippen molar-refractivity contribution in [3.8, 4) is 17.2 Å². The predicted molar refractivity (Wildman–Crippen MR) is 143 cm³/mol. The third-order valence-electron chi connectivity index (χ3n) is 10.9. The molecule has 0 bridgehead atoms. The van der Waals surface area contributed by atoms with Crippen molar-refractivity contribution in [3.63, 3.8) is 0 Å². The second kappa shape index (κ2) is 9.64. The maximum absolute atomic E-state index is 14.3. The zero-order valence-electron chi connectivity index (χ0n) is 24.6. The monoisotopic (exact) mass is 570 g/mol. The summed E-state index contributed by atoms with van der Waals surface area (Å²) in [6.45, 7) is 8.16. The van der Waals surface area contributed by atoms with Crippen molar-refractivity contribution < 1.29 is 47.5 Å². The third kappa shape index (κ3) is 3.75. The van der Waals surface area contributed by atoms with Crippen LogP contribution >= 0.6 is 0 Å². The number of ether oxygens (including phenoxy) is 7. The summed E-state index contributed by atoms with van der Waals surface area (Å²) in [6.07, 6.45) is 0.786. The molecule has 2 aliphatic heterocycles. The van der Waals surface area contributed by atoms with Gasteiger partial charge in [-0.3, -0.25) is 9.59 Å². The summed E-state index contributed by atoms with van der Waals surface area (Å²) < 4.78 is 40.6. The minimum absolute atomic E-state index is 0.0212. The second-order valence-corrected chi connectivity index (χ2v) is 12.5. The van der Waals surface area contributed by atoms with E-state index in [1.54, 1.807) is 19.2 Å². The van der Waals surface area contributed by atoms with Crippen LogP contribution in [0.3, 0.4) is 0 Å². The topological polar surface area (TPSA) is 116 Å². The van der Waals surface area contributed by atoms with Crippen LogP contribution in [0.25, 0.3) is 0 Å². The molecule has 41 heavy (non-hydrogen) atoms. The molecule has 6 rings (SSSR count). The van der Waals surface area contributed by atoms with Gasteiger partial charge in [-0.2, -0.15) is 0 Å². The van der Waals surface area contributed by atoms with Crippen LogP contribution in [-0.4, -0.2) is 64.2 Å². The first-order valence-electron chi connectivity index (χ1n) is 14.2. The molecule has 0 unspecified atom stereocenters. The summed E-state index contributed by atoms with van der Waals surface area (Å²) in [5.74, 6) is -0.511. The molecule has 0 radical (unpaired) electrons. The molecule has 2 saturated carbocycles. The van der Waals surface area contributed by atoms with Gasteiger partial charge in [-0.1, -0.05) is 27.7 Å². The molecule has 0 spiro atoms. The minimum atomic E-state index is -0.971. The highest BCUT2D eigenvalue weighted by molar-refractivity contribution is 6.00. The zero-order valence-corrected chi connectivity index (χ0v) is 24.6. The Morgan fingerprint density at radius 3 is 2.44 bits per heavy atom. The summed E-state index contributed by atoms with van der Waals surface area (Å²) in [5.41, 5.74) is -1.40. The van der Waals surface area contributed by atoms with E-state index in [-0.39, 0.29) is 54.2 Å². The first-order chi connectivity index (χ1) is 19.5. The lowest BCUT2D eigenvalue weighted by Crippen LogP contribution is -2.74. The molecule has 1 aromatic carbocycles. The van der Waals surface area contributed by atoms with Gasteiger partial charge < -0.3 is 33.2 Å². The van der Waals surface area contributed by atoms with Crippen LogP contribution in [0.4, 0.5) is 0 Å². The number of carbonyl (C=O) groups is 3. The Morgan fingerprint density at radius 2 is 1.76 bits per heavy atom. The average molecular weight is 571 g/mol. The van der Waals surface area contributed by atoms with Gasteiger partial charge in [0.2, 0.25) is 18.3 Å². The molecule has 5 aliphatic rings. The molecule has 3 aliphatic carbocycles. The molecule has 2 heterocycles. The number of benzene rings is 1. The van der Waals surface area contributed by atoms with E-state index in [9.17, 15) is 14.4 Å². The quantitative estimate of drug-likeness (QED) is 0.482. The van der Waals surface area contributed by atoms with Gasteiger partial charge in [-0.15, -0.1) is 0 Å². The molecule has 0 amide bonds. The summed E-state index contributed by atoms with van der Waals surface area (Å²) in [5, 5.41) is 0. The van der Waals surface area contributed by atoms with Crippen LogP contribution in [0.1, 0.15) is 50.9 Å². The first-order valence-corrected chi connectivity index (χ1v) is 14.2. The van der Waals surface area contributed by atoms with Gasteiger partial charge in [0.1, 0.15) is 12.2 Å². The number of methoxy groups -OCH3 is 3. The zero-order chi connectivity index (χ0) is 29.4. The van der Waals surface area contributed by atoms with Crippen molar-refractivity contribution in [2.75, 3.05) is 28.1 Å². The van der Waals surface area contributed by atoms with Gasteiger partial charge in [-0.05, 0) is 48.3 Å². The maximum Gasteiger partial charge on any atom is 0.338 e. The normalized spacial score (nSPS) is 40.5. The second-order valence-electron chi connectivity index (χ2n) is 12.5. The van der Waals surface area contributed by atoms with Crippen LogP contribution < -0.4 is 14.2 Å². The third-order valence-corrected chi connectivity index (χ3v) is 10.9. The number of ketones is 1. The van der Waals surface area contributed by atoms with E-state index >= 15 is 0 Å². The molecule has 0 aromatic heterocycles. The van der Waals surface area contributed by atoms with Crippen LogP contribution in [0.5, 0.6) is 17.2 Å². The summed E-state index contributed by atoms with van der Waals surface area (Å²) >= 11 is 0. The lowest BCUT2D eigenvalue weighted by Gasteiger charge is -2.68. The molecule has 222 valence electrons. The Balaban J connectivity index is 1.49. The Morgan fingerprint density at radius 1 is 1.00 bits per heavy atom. The highest BCUT2D eigenvalue weighted by Gasteiger charge is 2.74. The maximum atomic E-state index is 14.3. The molecule has 1 aromatic rings. The molecule has 10 nitrogen and oxygen atoms in total. The summed E-state index contributed by atoms with van der Waals surface area (Å²) in [7, 11) is 4.58. The van der Waals surface area contributed by atoms with Gasteiger partial charge >= 0.3 is 11.9 Å². The van der Waals surface area contributed by atoms with Gasteiger partial charge in [0.15, 0.2) is 17.3 Å². The fraction of sp³-hybridized carbons (Fsp3) is 0.645. The van der Waals surface area contributed by atoms with Gasteiger partial charge in [-0.25, -0.2) is 4.79 Å².